The Labute approximate surface area is 152 Å². The van der Waals surface area contributed by atoms with E-state index in [0.717, 1.165) is 36.8 Å². The van der Waals surface area contributed by atoms with Crippen LogP contribution in [-0.4, -0.2) is 37.1 Å². The first-order chi connectivity index (χ1) is 12.2. The van der Waals surface area contributed by atoms with Crippen molar-refractivity contribution < 1.29 is 9.53 Å². The average molecular weight is 362 g/mol. The summed E-state index contributed by atoms with van der Waals surface area (Å²) in [5.74, 6) is 0. The van der Waals surface area contributed by atoms with Gasteiger partial charge in [-0.05, 0) is 53.9 Å². The van der Waals surface area contributed by atoms with Crippen LogP contribution in [0.1, 0.15) is 55.3 Å². The molecule has 1 aliphatic rings. The number of hydrogen-bond acceptors (Lipinski definition) is 5. The summed E-state index contributed by atoms with van der Waals surface area (Å²) in [5.41, 5.74) is 10.9. The largest absolute Gasteiger partial charge is 0.369 e. The number of carbonyl (C=O) groups is 1. The molecule has 1 aliphatic carbocycles. The van der Waals surface area contributed by atoms with Crippen molar-refractivity contribution in [1.82, 2.24) is 5.32 Å². The summed E-state index contributed by atoms with van der Waals surface area (Å²) in [4.78, 5) is 15.1. The molecule has 0 aromatic carbocycles. The van der Waals surface area contributed by atoms with Crippen LogP contribution in [0.4, 0.5) is 0 Å². The minimum Gasteiger partial charge on any atom is -0.369 e. The molecule has 0 radical (unpaired) electrons. The Hall–Kier alpha value is -1.66. The SMILES string of the molecule is CCN[C@@H]1[C@@H](N=[N+]=[N-])CC(c2ccsc2C=O)=C[C@H]1OC(CC)CC. The van der Waals surface area contributed by atoms with E-state index in [4.69, 9.17) is 10.3 Å². The fraction of sp³-hybridized carbons (Fsp3) is 0.611. The van der Waals surface area contributed by atoms with E-state index in [2.05, 4.69) is 35.3 Å². The molecular weight excluding hydrogens is 336 g/mol. The number of hydrogen-bond donors (Lipinski definition) is 1. The first kappa shape index (κ1) is 19.7. The molecule has 136 valence electrons. The Morgan fingerprint density at radius 2 is 2.24 bits per heavy atom. The lowest BCUT2D eigenvalue weighted by atomic mass is 9.85. The second kappa shape index (κ2) is 9.73. The molecule has 0 saturated heterocycles. The number of likely N-dealkylation sites (N-methyl/N-ethyl adjacent to an activating group) is 1. The molecule has 1 N–H and O–H groups in total. The quantitative estimate of drug-likeness (QED) is 0.302. The van der Waals surface area contributed by atoms with Gasteiger partial charge >= 0.3 is 0 Å². The van der Waals surface area contributed by atoms with E-state index in [9.17, 15) is 4.79 Å². The van der Waals surface area contributed by atoms with Gasteiger partial charge in [0.2, 0.25) is 0 Å². The average Bonchev–Trinajstić information content (AvgIpc) is 3.10. The smallest absolute Gasteiger partial charge is 0.160 e. The van der Waals surface area contributed by atoms with E-state index in [0.29, 0.717) is 11.3 Å². The molecule has 1 heterocycles. The van der Waals surface area contributed by atoms with Crippen molar-refractivity contribution in [2.75, 3.05) is 6.54 Å². The Balaban J connectivity index is 2.41. The van der Waals surface area contributed by atoms with Gasteiger partial charge in [0.05, 0.1) is 23.1 Å². The third-order valence-electron chi connectivity index (χ3n) is 4.61. The van der Waals surface area contributed by atoms with Crippen LogP contribution < -0.4 is 5.32 Å². The van der Waals surface area contributed by atoms with Crippen LogP contribution in [0.25, 0.3) is 16.0 Å². The molecule has 0 aliphatic heterocycles. The molecule has 0 unspecified atom stereocenters. The lowest BCUT2D eigenvalue weighted by Gasteiger charge is -2.37. The van der Waals surface area contributed by atoms with Crippen LogP contribution in [0, 0.1) is 0 Å². The molecule has 0 fully saturated rings. The van der Waals surface area contributed by atoms with Gasteiger partial charge in [0.15, 0.2) is 6.29 Å². The van der Waals surface area contributed by atoms with E-state index < -0.39 is 0 Å². The Kier molecular flexibility index (Phi) is 7.65. The maximum absolute atomic E-state index is 11.3. The first-order valence-electron chi connectivity index (χ1n) is 8.85. The minimum atomic E-state index is -0.247. The highest BCUT2D eigenvalue weighted by atomic mass is 32.1. The number of carbonyl (C=O) groups excluding carboxylic acids is 1. The fourth-order valence-electron chi connectivity index (χ4n) is 3.31. The molecule has 2 rings (SSSR count). The van der Waals surface area contributed by atoms with Gasteiger partial charge in [0, 0.05) is 11.0 Å². The zero-order valence-corrected chi connectivity index (χ0v) is 15.8. The predicted molar refractivity (Wildman–Crippen MR) is 102 cm³/mol. The molecule has 0 bridgehead atoms. The third kappa shape index (κ3) is 4.70. The number of aldehydes is 1. The van der Waals surface area contributed by atoms with Crippen LogP contribution in [0.2, 0.25) is 0 Å². The van der Waals surface area contributed by atoms with Gasteiger partial charge in [0.1, 0.15) is 0 Å². The molecule has 25 heavy (non-hydrogen) atoms. The zero-order chi connectivity index (χ0) is 18.2. The van der Waals surface area contributed by atoms with Gasteiger partial charge in [-0.3, -0.25) is 4.79 Å². The van der Waals surface area contributed by atoms with Gasteiger partial charge in [-0.15, -0.1) is 11.3 Å². The number of thiophene rings is 1. The number of rotatable bonds is 9. The summed E-state index contributed by atoms with van der Waals surface area (Å²) in [6, 6.07) is 1.64. The topological polar surface area (TPSA) is 87.1 Å². The van der Waals surface area contributed by atoms with Gasteiger partial charge < -0.3 is 10.1 Å². The molecule has 6 nitrogen and oxygen atoms in total. The molecule has 0 saturated carbocycles. The molecule has 0 amide bonds. The third-order valence-corrected chi connectivity index (χ3v) is 5.45. The summed E-state index contributed by atoms with van der Waals surface area (Å²) in [5, 5.41) is 9.35. The lowest BCUT2D eigenvalue weighted by molar-refractivity contribution is -0.0149. The van der Waals surface area contributed by atoms with Crippen molar-refractivity contribution in [1.29, 1.82) is 0 Å². The van der Waals surface area contributed by atoms with Crippen LogP contribution in [0.5, 0.6) is 0 Å². The van der Waals surface area contributed by atoms with Gasteiger partial charge in [-0.25, -0.2) is 0 Å². The number of ether oxygens (including phenoxy) is 1. The number of azide groups is 1. The van der Waals surface area contributed by atoms with Crippen LogP contribution in [-0.2, 0) is 4.74 Å². The maximum Gasteiger partial charge on any atom is 0.160 e. The van der Waals surface area contributed by atoms with Crippen molar-refractivity contribution >= 4 is 23.2 Å². The molecule has 1 aromatic rings. The minimum absolute atomic E-state index is 0.0661. The van der Waals surface area contributed by atoms with E-state index in [1.807, 2.05) is 18.4 Å². The van der Waals surface area contributed by atoms with E-state index in [1.54, 1.807) is 0 Å². The van der Waals surface area contributed by atoms with E-state index >= 15 is 0 Å². The van der Waals surface area contributed by atoms with Crippen LogP contribution in [0.3, 0.4) is 0 Å². The standard InChI is InChI=1S/C18H26N4O2S/c1-4-13(5-2)24-16-10-12(14-7-8-25-17(14)11-23)9-15(21-22-19)18(16)20-6-3/h7-8,10-11,13,15-16,18,20H,4-6,9H2,1-3H3/t15-,16+,18+/m0/s1. The van der Waals surface area contributed by atoms with Crippen molar-refractivity contribution in [3.63, 3.8) is 0 Å². The zero-order valence-electron chi connectivity index (χ0n) is 15.0. The second-order valence-corrected chi connectivity index (χ2v) is 7.06. The normalized spacial score (nSPS) is 23.2. The summed E-state index contributed by atoms with van der Waals surface area (Å²) in [7, 11) is 0. The van der Waals surface area contributed by atoms with Gasteiger partial charge in [-0.1, -0.05) is 32.0 Å². The van der Waals surface area contributed by atoms with Crippen LogP contribution in [0.15, 0.2) is 22.6 Å². The van der Waals surface area contributed by atoms with Crippen molar-refractivity contribution in [3.05, 3.63) is 38.4 Å². The molecule has 3 atom stereocenters. The molecular formula is C18H26N4O2S. The number of nitrogens with zero attached hydrogens (tertiary/aromatic N) is 3. The summed E-state index contributed by atoms with van der Waals surface area (Å²) >= 11 is 1.42. The summed E-state index contributed by atoms with van der Waals surface area (Å²) < 4.78 is 6.33. The predicted octanol–water partition coefficient (Wildman–Crippen LogP) is 4.58. The van der Waals surface area contributed by atoms with E-state index in [1.165, 1.54) is 11.3 Å². The summed E-state index contributed by atoms with van der Waals surface area (Å²) in [6.07, 6.45) is 5.41. The highest BCUT2D eigenvalue weighted by Crippen LogP contribution is 2.34. The van der Waals surface area contributed by atoms with Crippen molar-refractivity contribution in [2.45, 2.75) is 64.3 Å². The highest BCUT2D eigenvalue weighted by Gasteiger charge is 2.35. The molecule has 0 spiro atoms. The van der Waals surface area contributed by atoms with Crippen molar-refractivity contribution in [3.8, 4) is 0 Å². The fourth-order valence-corrected chi connectivity index (χ4v) is 4.05. The maximum atomic E-state index is 11.3. The molecule has 7 heteroatoms. The van der Waals surface area contributed by atoms with Gasteiger partial charge in [0.25, 0.3) is 0 Å². The Bertz CT molecular complexity index is 647. The molecule has 1 aromatic heterocycles. The number of nitrogens with one attached hydrogen (secondary N) is 1. The van der Waals surface area contributed by atoms with Crippen molar-refractivity contribution in [2.24, 2.45) is 5.11 Å². The summed E-state index contributed by atoms with van der Waals surface area (Å²) in [6.45, 7) is 7.02. The Morgan fingerprint density at radius 1 is 1.48 bits per heavy atom. The second-order valence-electron chi connectivity index (χ2n) is 6.11. The van der Waals surface area contributed by atoms with Gasteiger partial charge in [-0.2, -0.15) is 0 Å². The van der Waals surface area contributed by atoms with E-state index in [-0.39, 0.29) is 24.3 Å². The monoisotopic (exact) mass is 362 g/mol. The first-order valence-corrected chi connectivity index (χ1v) is 9.73. The highest BCUT2D eigenvalue weighted by molar-refractivity contribution is 7.12. The van der Waals surface area contributed by atoms with Crippen LogP contribution >= 0.6 is 11.3 Å². The Morgan fingerprint density at radius 3 is 2.84 bits per heavy atom. The lowest BCUT2D eigenvalue weighted by Crippen LogP contribution is -2.51.